The van der Waals surface area contributed by atoms with Crippen molar-refractivity contribution in [2.45, 2.75) is 31.6 Å². The van der Waals surface area contributed by atoms with Crippen molar-refractivity contribution >= 4 is 31.4 Å². The van der Waals surface area contributed by atoms with Gasteiger partial charge >= 0.3 is 125 Å². The molecule has 0 spiro atoms. The summed E-state index contributed by atoms with van der Waals surface area (Å²) in [5.74, 6) is 0.0943. The third-order valence-corrected chi connectivity index (χ3v) is 5.62. The standard InChI is InChI=1S/C15H19NO3Se/c1-10(2)13-9-19-15(18)16(13)14(17)11(3)20-12-7-5-4-6-8-12/h4-8,10-11,13H,9H2,1-3H3/t11-,13+/m1/s1. The van der Waals surface area contributed by atoms with Crippen LogP contribution in [0.2, 0.25) is 4.82 Å². The van der Waals surface area contributed by atoms with Gasteiger partial charge in [0.05, 0.1) is 0 Å². The fourth-order valence-corrected chi connectivity index (χ4v) is 4.10. The van der Waals surface area contributed by atoms with Crippen molar-refractivity contribution in [1.82, 2.24) is 4.90 Å². The molecule has 0 aromatic heterocycles. The van der Waals surface area contributed by atoms with Crippen molar-refractivity contribution in [3.63, 3.8) is 0 Å². The van der Waals surface area contributed by atoms with Gasteiger partial charge in [0, 0.05) is 0 Å². The summed E-state index contributed by atoms with van der Waals surface area (Å²) in [5, 5.41) is 0. The number of nitrogens with zero attached hydrogens (tertiary/aromatic N) is 1. The third kappa shape index (κ3) is 3.22. The Morgan fingerprint density at radius 3 is 2.55 bits per heavy atom. The van der Waals surface area contributed by atoms with E-state index >= 15 is 0 Å². The average molecular weight is 340 g/mol. The quantitative estimate of drug-likeness (QED) is 0.786. The van der Waals surface area contributed by atoms with Crippen LogP contribution in [-0.2, 0) is 9.53 Å². The summed E-state index contributed by atoms with van der Waals surface area (Å²) < 4.78 is 6.20. The third-order valence-electron chi connectivity index (χ3n) is 3.32. The number of ether oxygens (including phenoxy) is 1. The summed E-state index contributed by atoms with van der Waals surface area (Å²) in [6, 6.07) is 9.80. The maximum atomic E-state index is 12.5. The zero-order valence-electron chi connectivity index (χ0n) is 11.9. The van der Waals surface area contributed by atoms with E-state index in [2.05, 4.69) is 0 Å². The summed E-state index contributed by atoms with van der Waals surface area (Å²) in [6.45, 7) is 6.20. The summed E-state index contributed by atoms with van der Waals surface area (Å²) >= 11 is 0.0166. The molecule has 20 heavy (non-hydrogen) atoms. The fraction of sp³-hybridized carbons (Fsp3) is 0.467. The van der Waals surface area contributed by atoms with Crippen molar-refractivity contribution < 1.29 is 14.3 Å². The second kappa shape index (κ2) is 6.42. The molecule has 0 unspecified atom stereocenters. The molecular formula is C15H19NO3Se. The Hall–Kier alpha value is -1.32. The zero-order chi connectivity index (χ0) is 14.7. The summed E-state index contributed by atoms with van der Waals surface area (Å²) in [7, 11) is 0. The van der Waals surface area contributed by atoms with E-state index in [0.717, 1.165) is 4.46 Å². The molecule has 0 radical (unpaired) electrons. The van der Waals surface area contributed by atoms with E-state index in [1.165, 1.54) is 4.90 Å². The van der Waals surface area contributed by atoms with E-state index in [1.54, 1.807) is 0 Å². The van der Waals surface area contributed by atoms with Gasteiger partial charge in [-0.25, -0.2) is 0 Å². The van der Waals surface area contributed by atoms with Crippen LogP contribution < -0.4 is 4.46 Å². The van der Waals surface area contributed by atoms with Gasteiger partial charge in [0.15, 0.2) is 0 Å². The molecule has 1 aliphatic rings. The molecule has 4 nitrogen and oxygen atoms in total. The van der Waals surface area contributed by atoms with Gasteiger partial charge in [-0.1, -0.05) is 0 Å². The minimum atomic E-state index is -0.496. The van der Waals surface area contributed by atoms with Crippen molar-refractivity contribution in [3.05, 3.63) is 30.3 Å². The fourth-order valence-electron chi connectivity index (χ4n) is 2.13. The summed E-state index contributed by atoms with van der Waals surface area (Å²) in [4.78, 5) is 25.4. The van der Waals surface area contributed by atoms with Crippen molar-refractivity contribution in [3.8, 4) is 0 Å². The first-order chi connectivity index (χ1) is 9.50. The van der Waals surface area contributed by atoms with E-state index in [0.29, 0.717) is 6.61 Å². The van der Waals surface area contributed by atoms with Gasteiger partial charge in [-0.05, 0) is 0 Å². The van der Waals surface area contributed by atoms with Gasteiger partial charge in [-0.3, -0.25) is 0 Å². The number of hydrogen-bond acceptors (Lipinski definition) is 3. The summed E-state index contributed by atoms with van der Waals surface area (Å²) in [5.41, 5.74) is 0. The molecule has 1 saturated heterocycles. The molecule has 0 saturated carbocycles. The Morgan fingerprint density at radius 1 is 1.30 bits per heavy atom. The first kappa shape index (κ1) is 15.1. The van der Waals surface area contributed by atoms with Gasteiger partial charge in [-0.15, -0.1) is 0 Å². The number of imide groups is 1. The van der Waals surface area contributed by atoms with Crippen LogP contribution in [0.3, 0.4) is 0 Å². The molecule has 0 aliphatic carbocycles. The van der Waals surface area contributed by atoms with E-state index in [1.807, 2.05) is 51.1 Å². The van der Waals surface area contributed by atoms with Crippen LogP contribution in [0, 0.1) is 5.92 Å². The minimum absolute atomic E-state index is 0.0166. The second-order valence-electron chi connectivity index (χ2n) is 5.17. The monoisotopic (exact) mass is 341 g/mol. The van der Waals surface area contributed by atoms with Crippen molar-refractivity contribution in [2.24, 2.45) is 5.92 Å². The normalized spacial score (nSPS) is 20.1. The molecule has 0 bridgehead atoms. The van der Waals surface area contributed by atoms with Crippen molar-refractivity contribution in [1.29, 1.82) is 0 Å². The Bertz CT molecular complexity index is 489. The number of rotatable bonds is 4. The maximum absolute atomic E-state index is 12.5. The molecule has 0 N–H and O–H groups in total. The molecule has 2 atom stereocenters. The number of benzene rings is 1. The van der Waals surface area contributed by atoms with E-state index in [-0.39, 0.29) is 37.6 Å². The number of carbonyl (C=O) groups excluding carboxylic acids is 2. The number of hydrogen-bond donors (Lipinski definition) is 0. The second-order valence-corrected chi connectivity index (χ2v) is 8.14. The molecule has 1 aliphatic heterocycles. The molecule has 2 amide bonds. The van der Waals surface area contributed by atoms with Crippen LogP contribution in [0.15, 0.2) is 30.3 Å². The van der Waals surface area contributed by atoms with Crippen LogP contribution in [-0.4, -0.2) is 44.5 Å². The average Bonchev–Trinajstić information content (AvgIpc) is 2.81. The Labute approximate surface area is 125 Å². The molecule has 108 valence electrons. The Kier molecular flexibility index (Phi) is 4.84. The Balaban J connectivity index is 2.07. The number of amides is 2. The van der Waals surface area contributed by atoms with Crippen LogP contribution in [0.5, 0.6) is 0 Å². The van der Waals surface area contributed by atoms with E-state index < -0.39 is 6.09 Å². The Morgan fingerprint density at radius 2 is 1.95 bits per heavy atom. The topological polar surface area (TPSA) is 46.6 Å². The van der Waals surface area contributed by atoms with Crippen LogP contribution in [0.25, 0.3) is 0 Å². The number of carbonyl (C=O) groups is 2. The zero-order valence-corrected chi connectivity index (χ0v) is 13.6. The number of cyclic esters (lactones) is 1. The SMILES string of the molecule is CC(C)[C@@H]1COC(=O)N1C(=O)[C@@H](C)[Se]c1ccccc1. The molecule has 5 heteroatoms. The predicted octanol–water partition coefficient (Wildman–Crippen LogP) is 1.83. The molecule has 2 rings (SSSR count). The molecule has 1 aromatic rings. The summed E-state index contributed by atoms with van der Waals surface area (Å²) in [6.07, 6.45) is -0.496. The van der Waals surface area contributed by atoms with E-state index in [9.17, 15) is 9.59 Å². The molecule has 1 heterocycles. The van der Waals surface area contributed by atoms with Gasteiger partial charge in [0.25, 0.3) is 0 Å². The van der Waals surface area contributed by atoms with Crippen LogP contribution in [0.4, 0.5) is 4.79 Å². The molecular weight excluding hydrogens is 321 g/mol. The van der Waals surface area contributed by atoms with Crippen LogP contribution >= 0.6 is 0 Å². The predicted molar refractivity (Wildman–Crippen MR) is 78.1 cm³/mol. The molecule has 1 fully saturated rings. The van der Waals surface area contributed by atoms with Gasteiger partial charge < -0.3 is 0 Å². The van der Waals surface area contributed by atoms with Gasteiger partial charge in [0.2, 0.25) is 0 Å². The first-order valence-corrected chi connectivity index (χ1v) is 8.56. The first-order valence-electron chi connectivity index (χ1n) is 6.72. The van der Waals surface area contributed by atoms with Crippen LogP contribution in [0.1, 0.15) is 20.8 Å². The van der Waals surface area contributed by atoms with Gasteiger partial charge in [0.1, 0.15) is 0 Å². The van der Waals surface area contributed by atoms with Gasteiger partial charge in [-0.2, -0.15) is 0 Å². The van der Waals surface area contributed by atoms with Crippen molar-refractivity contribution in [2.75, 3.05) is 6.61 Å². The molecule has 1 aromatic carbocycles. The van der Waals surface area contributed by atoms with E-state index in [4.69, 9.17) is 4.74 Å².